The van der Waals surface area contributed by atoms with Crippen LogP contribution in [0.5, 0.6) is 5.75 Å². The van der Waals surface area contributed by atoms with Crippen LogP contribution in [0.15, 0.2) is 60.7 Å². The Balaban J connectivity index is 1.53. The number of benzene rings is 3. The first kappa shape index (κ1) is 27.9. The minimum atomic E-state index is -0.813. The standard InChI is InChI=1S/C33H42F2O/c1-3-5-7-8-9-10-11-13-25-36-29-21-19-28(20-22-29)31-24-23-30(32(34)33(31)35)27-17-15-26(16-18-27)14-12-6-4-2/h15-24H,3-14,25H2,1-2H3. The summed E-state index contributed by atoms with van der Waals surface area (Å²) < 4.78 is 35.9. The van der Waals surface area contributed by atoms with Crippen molar-refractivity contribution >= 4 is 0 Å². The second kappa shape index (κ2) is 15.4. The fourth-order valence-corrected chi connectivity index (χ4v) is 4.58. The summed E-state index contributed by atoms with van der Waals surface area (Å²) in [5.74, 6) is -0.855. The molecule has 0 unspecified atom stereocenters. The lowest BCUT2D eigenvalue weighted by atomic mass is 9.97. The second-order valence-electron chi connectivity index (χ2n) is 9.79. The molecule has 0 aliphatic rings. The molecular weight excluding hydrogens is 450 g/mol. The Morgan fingerprint density at radius 3 is 1.56 bits per heavy atom. The van der Waals surface area contributed by atoms with Gasteiger partial charge in [-0.05, 0) is 48.1 Å². The van der Waals surface area contributed by atoms with E-state index >= 15 is 8.78 Å². The SMILES string of the molecule is CCCCCCCCCCOc1ccc(-c2ccc(-c3ccc(CCCCC)cc3)c(F)c2F)cc1. The fraction of sp³-hybridized carbons (Fsp3) is 0.455. The maximum atomic E-state index is 15.0. The molecule has 0 fully saturated rings. The smallest absolute Gasteiger partial charge is 0.167 e. The molecular formula is C33H42F2O. The summed E-state index contributed by atoms with van der Waals surface area (Å²) in [5, 5.41) is 0. The maximum absolute atomic E-state index is 15.0. The number of hydrogen-bond acceptors (Lipinski definition) is 1. The average Bonchev–Trinajstić information content (AvgIpc) is 2.90. The first-order valence-corrected chi connectivity index (χ1v) is 13.9. The van der Waals surface area contributed by atoms with Crippen LogP contribution in [-0.2, 0) is 6.42 Å². The molecule has 3 rings (SSSR count). The number of hydrogen-bond donors (Lipinski definition) is 0. The number of halogens is 2. The molecule has 0 spiro atoms. The number of unbranched alkanes of at least 4 members (excludes halogenated alkanes) is 9. The van der Waals surface area contributed by atoms with Crippen molar-refractivity contribution in [3.8, 4) is 28.0 Å². The van der Waals surface area contributed by atoms with Crippen molar-refractivity contribution in [2.75, 3.05) is 6.61 Å². The summed E-state index contributed by atoms with van der Waals surface area (Å²) in [5.41, 5.74) is 3.13. The molecule has 3 heteroatoms. The molecule has 0 aliphatic carbocycles. The van der Waals surface area contributed by atoms with E-state index in [1.165, 1.54) is 63.4 Å². The van der Waals surface area contributed by atoms with Crippen molar-refractivity contribution in [2.45, 2.75) is 90.9 Å². The Morgan fingerprint density at radius 2 is 1.00 bits per heavy atom. The van der Waals surface area contributed by atoms with Crippen molar-refractivity contribution < 1.29 is 13.5 Å². The monoisotopic (exact) mass is 492 g/mol. The lowest BCUT2D eigenvalue weighted by Gasteiger charge is -2.11. The van der Waals surface area contributed by atoms with E-state index < -0.39 is 11.6 Å². The van der Waals surface area contributed by atoms with Gasteiger partial charge < -0.3 is 4.74 Å². The van der Waals surface area contributed by atoms with Gasteiger partial charge in [0.25, 0.3) is 0 Å². The summed E-state index contributed by atoms with van der Waals surface area (Å²) >= 11 is 0. The summed E-state index contributed by atoms with van der Waals surface area (Å²) in [7, 11) is 0. The Morgan fingerprint density at radius 1 is 0.528 bits per heavy atom. The Kier molecular flexibility index (Phi) is 12.0. The second-order valence-corrected chi connectivity index (χ2v) is 9.79. The zero-order valence-electron chi connectivity index (χ0n) is 22.1. The topological polar surface area (TPSA) is 9.23 Å². The van der Waals surface area contributed by atoms with Crippen molar-refractivity contribution in [1.82, 2.24) is 0 Å². The van der Waals surface area contributed by atoms with Gasteiger partial charge in [0.05, 0.1) is 6.61 Å². The summed E-state index contributed by atoms with van der Waals surface area (Å²) in [6.45, 7) is 5.11. The van der Waals surface area contributed by atoms with E-state index in [-0.39, 0.29) is 5.56 Å². The largest absolute Gasteiger partial charge is 0.494 e. The zero-order valence-corrected chi connectivity index (χ0v) is 22.1. The molecule has 3 aromatic rings. The van der Waals surface area contributed by atoms with Crippen LogP contribution in [-0.4, -0.2) is 6.61 Å². The van der Waals surface area contributed by atoms with Gasteiger partial charge in [-0.3, -0.25) is 0 Å². The third-order valence-electron chi connectivity index (χ3n) is 6.85. The predicted octanol–water partition coefficient (Wildman–Crippen LogP) is 10.6. The minimum absolute atomic E-state index is 0.266. The van der Waals surface area contributed by atoms with E-state index in [1.54, 1.807) is 24.3 Å². The lowest BCUT2D eigenvalue weighted by molar-refractivity contribution is 0.304. The van der Waals surface area contributed by atoms with Gasteiger partial charge in [-0.15, -0.1) is 0 Å². The van der Waals surface area contributed by atoms with Crippen LogP contribution in [0.25, 0.3) is 22.3 Å². The van der Waals surface area contributed by atoms with Gasteiger partial charge in [-0.25, -0.2) is 8.78 Å². The van der Waals surface area contributed by atoms with Crippen LogP contribution in [0.3, 0.4) is 0 Å². The van der Waals surface area contributed by atoms with Crippen LogP contribution in [0.2, 0.25) is 0 Å². The van der Waals surface area contributed by atoms with Crippen LogP contribution in [0.1, 0.15) is 90.0 Å². The third kappa shape index (κ3) is 8.47. The molecule has 0 aromatic heterocycles. The highest BCUT2D eigenvalue weighted by atomic mass is 19.2. The zero-order chi connectivity index (χ0) is 25.6. The van der Waals surface area contributed by atoms with Gasteiger partial charge >= 0.3 is 0 Å². The van der Waals surface area contributed by atoms with Crippen LogP contribution in [0.4, 0.5) is 8.78 Å². The maximum Gasteiger partial charge on any atom is 0.167 e. The van der Waals surface area contributed by atoms with Crippen molar-refractivity contribution in [3.63, 3.8) is 0 Å². The van der Waals surface area contributed by atoms with E-state index in [9.17, 15) is 0 Å². The number of aryl methyl sites for hydroxylation is 1. The van der Waals surface area contributed by atoms with E-state index in [1.807, 2.05) is 36.4 Å². The molecule has 1 nitrogen and oxygen atoms in total. The Labute approximate surface area is 216 Å². The lowest BCUT2D eigenvalue weighted by Crippen LogP contribution is -1.98. The van der Waals surface area contributed by atoms with E-state index in [0.717, 1.165) is 25.0 Å². The van der Waals surface area contributed by atoms with Gasteiger partial charge in [0.1, 0.15) is 5.75 Å². The molecule has 3 aromatic carbocycles. The third-order valence-corrected chi connectivity index (χ3v) is 6.85. The first-order valence-electron chi connectivity index (χ1n) is 13.9. The summed E-state index contributed by atoms with van der Waals surface area (Å²) in [6, 6.07) is 18.4. The van der Waals surface area contributed by atoms with E-state index in [2.05, 4.69) is 13.8 Å². The molecule has 0 radical (unpaired) electrons. The molecule has 194 valence electrons. The van der Waals surface area contributed by atoms with Crippen LogP contribution >= 0.6 is 0 Å². The van der Waals surface area contributed by atoms with E-state index in [0.29, 0.717) is 23.3 Å². The van der Waals surface area contributed by atoms with Gasteiger partial charge in [0.2, 0.25) is 0 Å². The van der Waals surface area contributed by atoms with Gasteiger partial charge in [-0.1, -0.05) is 120 Å². The molecule has 0 amide bonds. The number of rotatable bonds is 16. The normalized spacial score (nSPS) is 11.1. The molecule has 0 bridgehead atoms. The van der Waals surface area contributed by atoms with Gasteiger partial charge in [0, 0.05) is 11.1 Å². The Hall–Kier alpha value is -2.68. The molecule has 0 saturated carbocycles. The van der Waals surface area contributed by atoms with Gasteiger partial charge in [-0.2, -0.15) is 0 Å². The molecule has 0 atom stereocenters. The first-order chi connectivity index (χ1) is 17.6. The van der Waals surface area contributed by atoms with E-state index in [4.69, 9.17) is 4.74 Å². The molecule has 0 saturated heterocycles. The summed E-state index contributed by atoms with van der Waals surface area (Å²) in [4.78, 5) is 0. The van der Waals surface area contributed by atoms with Gasteiger partial charge in [0.15, 0.2) is 11.6 Å². The Bertz CT molecular complexity index is 1020. The predicted molar refractivity (Wildman–Crippen MR) is 149 cm³/mol. The van der Waals surface area contributed by atoms with Crippen molar-refractivity contribution in [2.24, 2.45) is 0 Å². The average molecular weight is 493 g/mol. The fourth-order valence-electron chi connectivity index (χ4n) is 4.58. The molecule has 0 aliphatic heterocycles. The highest BCUT2D eigenvalue weighted by Gasteiger charge is 2.16. The highest BCUT2D eigenvalue weighted by molar-refractivity contribution is 5.72. The van der Waals surface area contributed by atoms with Crippen molar-refractivity contribution in [1.29, 1.82) is 0 Å². The van der Waals surface area contributed by atoms with Crippen molar-refractivity contribution in [3.05, 3.63) is 77.9 Å². The quantitative estimate of drug-likeness (QED) is 0.181. The molecule has 0 heterocycles. The molecule has 0 N–H and O–H groups in total. The highest BCUT2D eigenvalue weighted by Crippen LogP contribution is 2.32. The number of ether oxygens (including phenoxy) is 1. The van der Waals surface area contributed by atoms with Crippen LogP contribution < -0.4 is 4.74 Å². The summed E-state index contributed by atoms with van der Waals surface area (Å²) in [6.07, 6.45) is 14.6. The van der Waals surface area contributed by atoms with Crippen LogP contribution in [0, 0.1) is 11.6 Å². The molecule has 36 heavy (non-hydrogen) atoms. The minimum Gasteiger partial charge on any atom is -0.494 e.